The van der Waals surface area contributed by atoms with Crippen molar-refractivity contribution in [3.63, 3.8) is 0 Å². The minimum absolute atomic E-state index is 0.000297. The number of fused-ring (bicyclic) bond motifs is 1. The molecule has 0 N–H and O–H groups in total. The van der Waals surface area contributed by atoms with Crippen LogP contribution in [0, 0.1) is 20.8 Å². The second kappa shape index (κ2) is 8.47. The van der Waals surface area contributed by atoms with Crippen molar-refractivity contribution < 1.29 is 14.3 Å². The molecule has 1 aliphatic rings. The summed E-state index contributed by atoms with van der Waals surface area (Å²) >= 11 is 1.54. The molecule has 158 valence electrons. The molecule has 2 aromatic carbocycles. The van der Waals surface area contributed by atoms with Crippen LogP contribution >= 0.6 is 11.3 Å². The van der Waals surface area contributed by atoms with Crippen LogP contribution in [0.5, 0.6) is 5.75 Å². The number of carbonyl (C=O) groups excluding carboxylic acids is 2. The number of methoxy groups -OCH3 is 1. The van der Waals surface area contributed by atoms with Crippen molar-refractivity contribution in [3.8, 4) is 5.75 Å². The molecular weight excluding hydrogens is 408 g/mol. The van der Waals surface area contributed by atoms with Gasteiger partial charge in [0.2, 0.25) is 5.91 Å². The molecule has 0 spiro atoms. The average Bonchev–Trinajstić information content (AvgIpc) is 2.99. The Morgan fingerprint density at radius 2 is 1.74 bits per heavy atom. The molecule has 6 heteroatoms. The Labute approximate surface area is 186 Å². The van der Waals surface area contributed by atoms with Gasteiger partial charge in [0, 0.05) is 21.6 Å². The zero-order chi connectivity index (χ0) is 22.1. The molecule has 31 heavy (non-hydrogen) atoms. The van der Waals surface area contributed by atoms with Gasteiger partial charge in [-0.05, 0) is 50.6 Å². The molecule has 0 saturated carbocycles. The summed E-state index contributed by atoms with van der Waals surface area (Å²) < 4.78 is 5.27. The molecule has 4 rings (SSSR count). The number of nitrogens with zero attached hydrogens (tertiary/aromatic N) is 2. The fourth-order valence-corrected chi connectivity index (χ4v) is 4.79. The number of Topliss-reactive ketones (excluding diaryl/α,β-unsaturated/α-hetero) is 1. The zero-order valence-corrected chi connectivity index (χ0v) is 18.9. The van der Waals surface area contributed by atoms with Crippen LogP contribution in [0.3, 0.4) is 0 Å². The maximum absolute atomic E-state index is 13.0. The Morgan fingerprint density at radius 3 is 2.39 bits per heavy atom. The van der Waals surface area contributed by atoms with E-state index in [-0.39, 0.29) is 24.8 Å². The molecule has 1 aromatic heterocycles. The Morgan fingerprint density at radius 1 is 1.06 bits per heavy atom. The van der Waals surface area contributed by atoms with Crippen LogP contribution in [-0.4, -0.2) is 37.6 Å². The van der Waals surface area contributed by atoms with E-state index in [0.29, 0.717) is 5.56 Å². The van der Waals surface area contributed by atoms with E-state index in [0.717, 1.165) is 43.6 Å². The smallest absolute Gasteiger partial charge is 0.249 e. The van der Waals surface area contributed by atoms with Crippen molar-refractivity contribution >= 4 is 33.7 Å². The van der Waals surface area contributed by atoms with E-state index in [4.69, 9.17) is 4.74 Å². The number of rotatable bonds is 5. The first-order valence-electron chi connectivity index (χ1n) is 10.1. The van der Waals surface area contributed by atoms with Crippen LogP contribution < -0.4 is 9.64 Å². The maximum Gasteiger partial charge on any atom is 0.249 e. The zero-order valence-electron chi connectivity index (χ0n) is 18.1. The summed E-state index contributed by atoms with van der Waals surface area (Å²) in [6.45, 7) is 6.06. The van der Waals surface area contributed by atoms with Crippen LogP contribution in [0.15, 0.2) is 53.5 Å². The summed E-state index contributed by atoms with van der Waals surface area (Å²) in [6, 6.07) is 15.1. The number of ketones is 1. The molecule has 2 heterocycles. The van der Waals surface area contributed by atoms with Gasteiger partial charge >= 0.3 is 0 Å². The third-order valence-corrected chi connectivity index (χ3v) is 6.79. The van der Waals surface area contributed by atoms with Crippen molar-refractivity contribution in [2.75, 3.05) is 25.1 Å². The first kappa shape index (κ1) is 21.0. The lowest BCUT2D eigenvalue weighted by molar-refractivity contribution is -0.117. The first-order chi connectivity index (χ1) is 14.9. The number of aliphatic imine (C=N–C) groups is 1. The number of hydrogen-bond acceptors (Lipinski definition) is 5. The van der Waals surface area contributed by atoms with E-state index in [1.54, 1.807) is 12.0 Å². The lowest BCUT2D eigenvalue weighted by Gasteiger charge is -2.20. The van der Waals surface area contributed by atoms with Gasteiger partial charge in [0.25, 0.3) is 0 Å². The Balaban J connectivity index is 1.74. The Bertz CT molecular complexity index is 1170. The van der Waals surface area contributed by atoms with Gasteiger partial charge in [-0.1, -0.05) is 29.8 Å². The molecule has 0 saturated heterocycles. The normalized spacial score (nSPS) is 13.5. The van der Waals surface area contributed by atoms with Gasteiger partial charge < -0.3 is 4.74 Å². The Kier molecular flexibility index (Phi) is 5.74. The average molecular weight is 433 g/mol. The van der Waals surface area contributed by atoms with Gasteiger partial charge in [-0.2, -0.15) is 0 Å². The SMILES string of the molecule is COc1ccc(C2=NCC(=O)N(CC(=O)c3ccc(C)cc3)c3sc(C)c(C)c32)cc1. The summed E-state index contributed by atoms with van der Waals surface area (Å²) in [4.78, 5) is 33.4. The number of hydrogen-bond donors (Lipinski definition) is 0. The van der Waals surface area contributed by atoms with E-state index >= 15 is 0 Å². The van der Waals surface area contributed by atoms with Crippen molar-refractivity contribution in [3.05, 3.63) is 81.2 Å². The van der Waals surface area contributed by atoms with Gasteiger partial charge in [-0.15, -0.1) is 11.3 Å². The van der Waals surface area contributed by atoms with E-state index in [1.807, 2.05) is 69.3 Å². The molecule has 5 nitrogen and oxygen atoms in total. The lowest BCUT2D eigenvalue weighted by atomic mass is 9.99. The number of amides is 1. The van der Waals surface area contributed by atoms with Gasteiger partial charge in [0.05, 0.1) is 19.4 Å². The van der Waals surface area contributed by atoms with Gasteiger partial charge in [0.15, 0.2) is 5.78 Å². The summed E-state index contributed by atoms with van der Waals surface area (Å²) in [6.07, 6.45) is 0. The van der Waals surface area contributed by atoms with Gasteiger partial charge in [0.1, 0.15) is 17.3 Å². The monoisotopic (exact) mass is 432 g/mol. The quantitative estimate of drug-likeness (QED) is 0.547. The molecule has 0 aliphatic carbocycles. The van der Waals surface area contributed by atoms with Crippen molar-refractivity contribution in [1.82, 2.24) is 0 Å². The van der Waals surface area contributed by atoms with Crippen LogP contribution in [0.2, 0.25) is 0 Å². The molecule has 0 radical (unpaired) electrons. The van der Waals surface area contributed by atoms with Crippen molar-refractivity contribution in [2.24, 2.45) is 4.99 Å². The Hall–Kier alpha value is -3.25. The number of thiophene rings is 1. The molecule has 1 amide bonds. The second-order valence-corrected chi connectivity index (χ2v) is 8.83. The lowest BCUT2D eigenvalue weighted by Crippen LogP contribution is -2.36. The van der Waals surface area contributed by atoms with Gasteiger partial charge in [-0.3, -0.25) is 19.5 Å². The predicted octanol–water partition coefficient (Wildman–Crippen LogP) is 4.75. The highest BCUT2D eigenvalue weighted by molar-refractivity contribution is 7.17. The van der Waals surface area contributed by atoms with Crippen LogP contribution in [-0.2, 0) is 4.79 Å². The topological polar surface area (TPSA) is 59.0 Å². The minimum atomic E-state index is -0.175. The van der Waals surface area contributed by atoms with E-state index in [2.05, 4.69) is 4.99 Å². The molecule has 0 unspecified atom stereocenters. The fraction of sp³-hybridized carbons (Fsp3) is 0.240. The predicted molar refractivity (Wildman–Crippen MR) is 125 cm³/mol. The summed E-state index contributed by atoms with van der Waals surface area (Å²) in [5.41, 5.74) is 5.39. The molecule has 0 fully saturated rings. The number of anilines is 1. The summed E-state index contributed by atoms with van der Waals surface area (Å²) in [5, 5.41) is 0.785. The van der Waals surface area contributed by atoms with E-state index < -0.39 is 0 Å². The highest BCUT2D eigenvalue weighted by atomic mass is 32.1. The molecule has 0 bridgehead atoms. The standard InChI is InChI=1S/C25H24N2O3S/c1-15-5-7-18(8-6-15)21(28)14-27-22(29)13-26-24(19-9-11-20(30-4)12-10-19)23-16(2)17(3)31-25(23)27/h5-12H,13-14H2,1-4H3. The fourth-order valence-electron chi connectivity index (χ4n) is 3.62. The van der Waals surface area contributed by atoms with Crippen molar-refractivity contribution in [2.45, 2.75) is 20.8 Å². The molecular formula is C25H24N2O3S. The molecule has 3 aromatic rings. The van der Waals surface area contributed by atoms with Crippen LogP contribution in [0.1, 0.15) is 37.5 Å². The van der Waals surface area contributed by atoms with E-state index in [1.165, 1.54) is 11.3 Å². The first-order valence-corrected chi connectivity index (χ1v) is 10.9. The van der Waals surface area contributed by atoms with Gasteiger partial charge in [-0.25, -0.2) is 0 Å². The second-order valence-electron chi connectivity index (χ2n) is 7.63. The number of aryl methyl sites for hydroxylation is 2. The number of benzene rings is 2. The number of carbonyl (C=O) groups is 2. The summed E-state index contributed by atoms with van der Waals surface area (Å²) in [7, 11) is 1.63. The number of ether oxygens (including phenoxy) is 1. The minimum Gasteiger partial charge on any atom is -0.497 e. The third kappa shape index (κ3) is 4.03. The highest BCUT2D eigenvalue weighted by Crippen LogP contribution is 2.39. The highest BCUT2D eigenvalue weighted by Gasteiger charge is 2.31. The van der Waals surface area contributed by atoms with Crippen LogP contribution in [0.25, 0.3) is 0 Å². The van der Waals surface area contributed by atoms with Crippen molar-refractivity contribution in [1.29, 1.82) is 0 Å². The van der Waals surface area contributed by atoms with E-state index in [9.17, 15) is 9.59 Å². The largest absolute Gasteiger partial charge is 0.497 e. The summed E-state index contributed by atoms with van der Waals surface area (Å²) in [5.74, 6) is 0.500. The third-order valence-electron chi connectivity index (χ3n) is 5.56. The maximum atomic E-state index is 13.0. The molecule has 1 aliphatic heterocycles. The van der Waals surface area contributed by atoms with Crippen LogP contribution in [0.4, 0.5) is 5.00 Å². The molecule has 0 atom stereocenters.